The molecule has 0 spiro atoms. The van der Waals surface area contributed by atoms with Gasteiger partial charge in [-0.3, -0.25) is 9.69 Å². The van der Waals surface area contributed by atoms with Crippen molar-refractivity contribution in [1.29, 1.82) is 0 Å². The van der Waals surface area contributed by atoms with E-state index in [9.17, 15) is 4.79 Å². The second-order valence-corrected chi connectivity index (χ2v) is 5.72. The zero-order chi connectivity index (χ0) is 12.8. The fourth-order valence-corrected chi connectivity index (χ4v) is 3.03. The van der Waals surface area contributed by atoms with E-state index in [2.05, 4.69) is 22.6 Å². The van der Waals surface area contributed by atoms with Crippen LogP contribution >= 0.6 is 0 Å². The Morgan fingerprint density at radius 2 is 1.94 bits per heavy atom. The molecule has 0 saturated carbocycles. The average Bonchev–Trinajstić information content (AvgIpc) is 2.62. The molecule has 2 heterocycles. The van der Waals surface area contributed by atoms with Gasteiger partial charge in [-0.15, -0.1) is 0 Å². The van der Waals surface area contributed by atoms with Crippen LogP contribution in [-0.4, -0.2) is 49.6 Å². The molecular formula is C14H27N3O. The Balaban J connectivity index is 1.75. The lowest BCUT2D eigenvalue weighted by Crippen LogP contribution is -2.45. The summed E-state index contributed by atoms with van der Waals surface area (Å²) in [5.41, 5.74) is 0. The third kappa shape index (κ3) is 3.95. The summed E-state index contributed by atoms with van der Waals surface area (Å²) < 4.78 is 0. The first-order valence-corrected chi connectivity index (χ1v) is 7.48. The highest BCUT2D eigenvalue weighted by molar-refractivity contribution is 5.81. The molecule has 2 aliphatic heterocycles. The molecule has 0 aromatic carbocycles. The molecule has 2 fully saturated rings. The minimum atomic E-state index is 0.0936. The van der Waals surface area contributed by atoms with E-state index in [0.29, 0.717) is 6.04 Å². The number of rotatable bonds is 4. The number of nitrogens with one attached hydrogen (secondary N) is 2. The lowest BCUT2D eigenvalue weighted by atomic mass is 10.0. The van der Waals surface area contributed by atoms with E-state index in [1.165, 1.54) is 25.7 Å². The Morgan fingerprint density at radius 1 is 1.17 bits per heavy atom. The zero-order valence-electron chi connectivity index (χ0n) is 11.6. The predicted octanol–water partition coefficient (Wildman–Crippen LogP) is 1.12. The Hall–Kier alpha value is -0.610. The summed E-state index contributed by atoms with van der Waals surface area (Å²) >= 11 is 0. The standard InChI is InChI=1S/C14H27N3O/c1-17(11-8-12-6-2-4-9-15-12)13-7-3-5-10-16-14(13)18/h12-13,15H,2-11H2,1H3,(H,16,18). The average molecular weight is 253 g/mol. The summed E-state index contributed by atoms with van der Waals surface area (Å²) in [5.74, 6) is 0.228. The van der Waals surface area contributed by atoms with Crippen LogP contribution in [0.15, 0.2) is 0 Å². The van der Waals surface area contributed by atoms with Crippen LogP contribution < -0.4 is 10.6 Å². The van der Waals surface area contributed by atoms with Gasteiger partial charge in [0.2, 0.25) is 5.91 Å². The van der Waals surface area contributed by atoms with Crippen molar-refractivity contribution < 1.29 is 4.79 Å². The normalized spacial score (nSPS) is 30.0. The van der Waals surface area contributed by atoms with Crippen molar-refractivity contribution in [3.63, 3.8) is 0 Å². The Labute approximate surface area is 110 Å². The van der Waals surface area contributed by atoms with Crippen LogP contribution in [0.5, 0.6) is 0 Å². The highest BCUT2D eigenvalue weighted by Crippen LogP contribution is 2.14. The van der Waals surface area contributed by atoms with Gasteiger partial charge in [-0.05, 0) is 52.1 Å². The van der Waals surface area contributed by atoms with Crippen molar-refractivity contribution in [2.45, 2.75) is 57.0 Å². The van der Waals surface area contributed by atoms with E-state index < -0.39 is 0 Å². The Kier molecular flexibility index (Phi) is 5.45. The van der Waals surface area contributed by atoms with Crippen molar-refractivity contribution in [2.24, 2.45) is 0 Å². The molecule has 0 bridgehead atoms. The molecular weight excluding hydrogens is 226 g/mol. The van der Waals surface area contributed by atoms with E-state index in [0.717, 1.165) is 38.9 Å². The van der Waals surface area contributed by atoms with Crippen LogP contribution in [0, 0.1) is 0 Å². The largest absolute Gasteiger partial charge is 0.355 e. The molecule has 18 heavy (non-hydrogen) atoms. The molecule has 4 nitrogen and oxygen atoms in total. The van der Waals surface area contributed by atoms with Crippen LogP contribution in [0.1, 0.15) is 44.9 Å². The van der Waals surface area contributed by atoms with Crippen molar-refractivity contribution in [3.05, 3.63) is 0 Å². The van der Waals surface area contributed by atoms with Gasteiger partial charge in [-0.2, -0.15) is 0 Å². The lowest BCUT2D eigenvalue weighted by Gasteiger charge is -2.29. The molecule has 4 heteroatoms. The van der Waals surface area contributed by atoms with Crippen molar-refractivity contribution in [1.82, 2.24) is 15.5 Å². The summed E-state index contributed by atoms with van der Waals surface area (Å²) in [6.07, 6.45) is 8.43. The highest BCUT2D eigenvalue weighted by Gasteiger charge is 2.25. The van der Waals surface area contributed by atoms with Crippen LogP contribution in [-0.2, 0) is 4.79 Å². The number of likely N-dealkylation sites (N-methyl/N-ethyl adjacent to an activating group) is 1. The van der Waals surface area contributed by atoms with Crippen molar-refractivity contribution in [3.8, 4) is 0 Å². The summed E-state index contributed by atoms with van der Waals surface area (Å²) in [6, 6.07) is 0.756. The summed E-state index contributed by atoms with van der Waals surface area (Å²) in [6.45, 7) is 3.04. The number of amides is 1. The summed E-state index contributed by atoms with van der Waals surface area (Å²) in [5, 5.41) is 6.59. The predicted molar refractivity (Wildman–Crippen MR) is 73.5 cm³/mol. The monoisotopic (exact) mass is 253 g/mol. The van der Waals surface area contributed by atoms with Gasteiger partial charge in [0.05, 0.1) is 6.04 Å². The number of carbonyl (C=O) groups excluding carboxylic acids is 1. The Morgan fingerprint density at radius 3 is 2.72 bits per heavy atom. The van der Waals surface area contributed by atoms with E-state index >= 15 is 0 Å². The first kappa shape index (κ1) is 13.8. The molecule has 1 amide bonds. The number of hydrogen-bond acceptors (Lipinski definition) is 3. The molecule has 2 N–H and O–H groups in total. The van der Waals surface area contributed by atoms with Crippen LogP contribution in [0.2, 0.25) is 0 Å². The number of hydrogen-bond donors (Lipinski definition) is 2. The first-order valence-electron chi connectivity index (χ1n) is 7.48. The minimum Gasteiger partial charge on any atom is -0.355 e. The second kappa shape index (κ2) is 7.10. The van der Waals surface area contributed by atoms with Gasteiger partial charge in [0.15, 0.2) is 0 Å². The maximum atomic E-state index is 11.9. The second-order valence-electron chi connectivity index (χ2n) is 5.72. The molecule has 0 aliphatic carbocycles. The van der Waals surface area contributed by atoms with Gasteiger partial charge in [-0.1, -0.05) is 6.42 Å². The van der Waals surface area contributed by atoms with Crippen LogP contribution in [0.3, 0.4) is 0 Å². The minimum absolute atomic E-state index is 0.0936. The van der Waals surface area contributed by atoms with Crippen molar-refractivity contribution in [2.75, 3.05) is 26.7 Å². The third-order valence-electron chi connectivity index (χ3n) is 4.28. The van der Waals surface area contributed by atoms with Gasteiger partial charge < -0.3 is 10.6 Å². The van der Waals surface area contributed by atoms with Crippen molar-refractivity contribution >= 4 is 5.91 Å². The first-order chi connectivity index (χ1) is 8.77. The third-order valence-corrected chi connectivity index (χ3v) is 4.28. The summed E-state index contributed by atoms with van der Waals surface area (Å²) in [7, 11) is 2.10. The fraction of sp³-hybridized carbons (Fsp3) is 0.929. The zero-order valence-corrected chi connectivity index (χ0v) is 11.6. The lowest BCUT2D eigenvalue weighted by molar-refractivity contribution is -0.125. The number of piperidine rings is 1. The maximum Gasteiger partial charge on any atom is 0.237 e. The van der Waals surface area contributed by atoms with E-state index in [1.54, 1.807) is 0 Å². The number of nitrogens with zero attached hydrogens (tertiary/aromatic N) is 1. The summed E-state index contributed by atoms with van der Waals surface area (Å²) in [4.78, 5) is 14.2. The molecule has 0 aromatic rings. The van der Waals surface area contributed by atoms with E-state index in [4.69, 9.17) is 0 Å². The van der Waals surface area contributed by atoms with Gasteiger partial charge in [0, 0.05) is 19.1 Å². The van der Waals surface area contributed by atoms with E-state index in [1.807, 2.05) is 0 Å². The molecule has 2 unspecified atom stereocenters. The fourth-order valence-electron chi connectivity index (χ4n) is 3.03. The molecule has 104 valence electrons. The maximum absolute atomic E-state index is 11.9. The van der Waals surface area contributed by atoms with Crippen LogP contribution in [0.4, 0.5) is 0 Å². The topological polar surface area (TPSA) is 44.4 Å². The number of carbonyl (C=O) groups is 1. The van der Waals surface area contributed by atoms with Crippen LogP contribution in [0.25, 0.3) is 0 Å². The smallest absolute Gasteiger partial charge is 0.237 e. The molecule has 2 atom stereocenters. The molecule has 2 saturated heterocycles. The van der Waals surface area contributed by atoms with Gasteiger partial charge >= 0.3 is 0 Å². The quantitative estimate of drug-likeness (QED) is 0.789. The van der Waals surface area contributed by atoms with Gasteiger partial charge in [0.1, 0.15) is 0 Å². The van der Waals surface area contributed by atoms with Gasteiger partial charge in [-0.25, -0.2) is 0 Å². The molecule has 0 aromatic heterocycles. The molecule has 0 radical (unpaired) electrons. The van der Waals surface area contributed by atoms with Gasteiger partial charge in [0.25, 0.3) is 0 Å². The van der Waals surface area contributed by atoms with E-state index in [-0.39, 0.29) is 11.9 Å². The Bertz CT molecular complexity index is 264. The molecule has 2 aliphatic rings. The molecule has 2 rings (SSSR count). The highest BCUT2D eigenvalue weighted by atomic mass is 16.2. The SMILES string of the molecule is CN(CCC1CCCCN1)C1CCCCNC1=O.